The van der Waals surface area contributed by atoms with Crippen LogP contribution in [0.3, 0.4) is 0 Å². The normalized spacial score (nSPS) is 12.1. The predicted octanol–water partition coefficient (Wildman–Crippen LogP) is 4.17. The third-order valence-electron chi connectivity index (χ3n) is 2.95. The molecular weight excluding hydrogens is 180 g/mol. The molecule has 0 aliphatic heterocycles. The van der Waals surface area contributed by atoms with Crippen LogP contribution in [-0.2, 0) is 0 Å². The lowest BCUT2D eigenvalue weighted by atomic mass is 9.92. The van der Waals surface area contributed by atoms with Gasteiger partial charge in [0.2, 0.25) is 0 Å². The summed E-state index contributed by atoms with van der Waals surface area (Å²) in [5, 5.41) is 0. The van der Waals surface area contributed by atoms with E-state index in [-0.39, 0.29) is 5.92 Å². The van der Waals surface area contributed by atoms with Crippen LogP contribution in [0.1, 0.15) is 48.8 Å². The van der Waals surface area contributed by atoms with Gasteiger partial charge in [-0.15, -0.1) is 0 Å². The minimum atomic E-state index is 0.184. The summed E-state index contributed by atoms with van der Waals surface area (Å²) >= 11 is 0. The van der Waals surface area contributed by atoms with Crippen molar-refractivity contribution in [2.45, 2.75) is 46.0 Å². The molecular formula is C15H19. The monoisotopic (exact) mass is 199 g/mol. The van der Waals surface area contributed by atoms with Gasteiger partial charge < -0.3 is 0 Å². The molecule has 0 saturated carbocycles. The molecule has 0 nitrogen and oxygen atoms in total. The summed E-state index contributed by atoms with van der Waals surface area (Å²) in [5.41, 5.74) is 3.86. The molecule has 0 spiro atoms. The van der Waals surface area contributed by atoms with E-state index in [1.165, 1.54) is 29.5 Å². The van der Waals surface area contributed by atoms with Crippen LogP contribution in [0.5, 0.6) is 0 Å². The molecule has 0 saturated heterocycles. The molecule has 0 amide bonds. The summed E-state index contributed by atoms with van der Waals surface area (Å²) in [6.45, 7) is 6.43. The van der Waals surface area contributed by atoms with Gasteiger partial charge in [0.15, 0.2) is 0 Å². The van der Waals surface area contributed by atoms with Gasteiger partial charge in [0, 0.05) is 5.92 Å². The Kier molecular flexibility index (Phi) is 4.43. The van der Waals surface area contributed by atoms with Gasteiger partial charge in [0.05, 0.1) is 0 Å². The van der Waals surface area contributed by atoms with Crippen LogP contribution in [-0.4, -0.2) is 0 Å². The highest BCUT2D eigenvalue weighted by Crippen LogP contribution is 2.23. The van der Waals surface area contributed by atoms with Crippen molar-refractivity contribution in [3.63, 3.8) is 0 Å². The van der Waals surface area contributed by atoms with E-state index >= 15 is 0 Å². The van der Waals surface area contributed by atoms with E-state index in [9.17, 15) is 0 Å². The third-order valence-corrected chi connectivity index (χ3v) is 2.95. The fourth-order valence-corrected chi connectivity index (χ4v) is 1.71. The number of hydrogen-bond donors (Lipinski definition) is 0. The molecule has 0 fully saturated rings. The lowest BCUT2D eigenvalue weighted by Gasteiger charge is -2.12. The Morgan fingerprint density at radius 3 is 2.53 bits per heavy atom. The highest BCUT2D eigenvalue weighted by atomic mass is 14.1. The second-order valence-corrected chi connectivity index (χ2v) is 4.18. The van der Waals surface area contributed by atoms with Crippen LogP contribution in [0.15, 0.2) is 18.2 Å². The zero-order valence-electron chi connectivity index (χ0n) is 9.93. The maximum absolute atomic E-state index is 7.35. The fourth-order valence-electron chi connectivity index (χ4n) is 1.71. The molecule has 1 atom stereocenters. The van der Waals surface area contributed by atoms with Crippen molar-refractivity contribution in [3.05, 3.63) is 41.3 Å². The summed E-state index contributed by atoms with van der Waals surface area (Å²) in [7, 11) is 0. The average Bonchev–Trinajstić information content (AvgIpc) is 2.24. The first kappa shape index (κ1) is 11.9. The van der Waals surface area contributed by atoms with Gasteiger partial charge in [-0.3, -0.25) is 0 Å². The van der Waals surface area contributed by atoms with Gasteiger partial charge in [-0.2, -0.15) is 0 Å². The second kappa shape index (κ2) is 5.61. The van der Waals surface area contributed by atoms with Crippen molar-refractivity contribution >= 4 is 0 Å². The molecule has 1 rings (SSSR count). The van der Waals surface area contributed by atoms with E-state index in [0.29, 0.717) is 0 Å². The quantitative estimate of drug-likeness (QED) is 0.638. The zero-order chi connectivity index (χ0) is 11.3. The van der Waals surface area contributed by atoms with Crippen LogP contribution in [0.25, 0.3) is 0 Å². The average molecular weight is 199 g/mol. The molecule has 0 aliphatic carbocycles. The zero-order valence-corrected chi connectivity index (χ0v) is 9.93. The summed E-state index contributed by atoms with van der Waals surface area (Å²) in [6.07, 6.45) is 10.7. The lowest BCUT2D eigenvalue weighted by Crippen LogP contribution is -1.97. The molecule has 0 heteroatoms. The maximum atomic E-state index is 7.35. The summed E-state index contributed by atoms with van der Waals surface area (Å²) < 4.78 is 0. The Morgan fingerprint density at radius 2 is 2.00 bits per heavy atom. The Hall–Kier alpha value is -1.22. The van der Waals surface area contributed by atoms with Crippen molar-refractivity contribution in [3.8, 4) is 5.92 Å². The topological polar surface area (TPSA) is 0 Å². The van der Waals surface area contributed by atoms with E-state index in [1.807, 2.05) is 0 Å². The Bertz CT molecular complexity index is 355. The molecule has 0 N–H and O–H groups in total. The number of unbranched alkanes of at least 4 members (excludes halogenated alkanes) is 1. The van der Waals surface area contributed by atoms with E-state index < -0.39 is 0 Å². The van der Waals surface area contributed by atoms with Gasteiger partial charge >= 0.3 is 0 Å². The first-order valence-electron chi connectivity index (χ1n) is 5.68. The molecule has 0 aromatic heterocycles. The van der Waals surface area contributed by atoms with Crippen LogP contribution in [0, 0.1) is 26.2 Å². The molecule has 1 unspecified atom stereocenters. The molecule has 1 radical (unpaired) electrons. The van der Waals surface area contributed by atoms with Crippen molar-refractivity contribution in [1.82, 2.24) is 0 Å². The van der Waals surface area contributed by atoms with Crippen molar-refractivity contribution in [2.75, 3.05) is 0 Å². The molecule has 0 heterocycles. The van der Waals surface area contributed by atoms with Crippen LogP contribution < -0.4 is 0 Å². The van der Waals surface area contributed by atoms with Crippen molar-refractivity contribution in [2.24, 2.45) is 0 Å². The minimum absolute atomic E-state index is 0.184. The largest absolute Gasteiger partial charge is 0.0809 e. The summed E-state index contributed by atoms with van der Waals surface area (Å²) in [4.78, 5) is 0. The van der Waals surface area contributed by atoms with Gasteiger partial charge in [-0.1, -0.05) is 43.9 Å². The molecule has 1 aromatic carbocycles. The first-order chi connectivity index (χ1) is 7.19. The van der Waals surface area contributed by atoms with Crippen molar-refractivity contribution in [1.29, 1.82) is 0 Å². The Labute approximate surface area is 93.7 Å². The van der Waals surface area contributed by atoms with Crippen LogP contribution in [0.2, 0.25) is 0 Å². The smallest absolute Gasteiger partial charge is 0.0462 e. The predicted molar refractivity (Wildman–Crippen MR) is 65.3 cm³/mol. The van der Waals surface area contributed by atoms with Gasteiger partial charge in [-0.05, 0) is 43.4 Å². The van der Waals surface area contributed by atoms with Gasteiger partial charge in [0.1, 0.15) is 0 Å². The number of benzene rings is 1. The maximum Gasteiger partial charge on any atom is 0.0462 e. The summed E-state index contributed by atoms with van der Waals surface area (Å²) in [5.74, 6) is 2.83. The molecule has 1 aromatic rings. The van der Waals surface area contributed by atoms with Crippen LogP contribution in [0.4, 0.5) is 0 Å². The van der Waals surface area contributed by atoms with E-state index in [1.54, 1.807) is 0 Å². The number of rotatable bonds is 4. The van der Waals surface area contributed by atoms with Gasteiger partial charge in [-0.25, -0.2) is 0 Å². The minimum Gasteiger partial charge on any atom is -0.0809 e. The highest BCUT2D eigenvalue weighted by Gasteiger charge is 2.08. The molecule has 15 heavy (non-hydrogen) atoms. The van der Waals surface area contributed by atoms with Crippen LogP contribution >= 0.6 is 0 Å². The molecule has 0 aliphatic rings. The third kappa shape index (κ3) is 3.13. The standard InChI is InChI=1S/C15H19/c1-5-7-8-14(6-2)15-10-9-12(3)13(4)11-15/h9-11,14H,5,7-8H2,1,3-4H3. The van der Waals surface area contributed by atoms with Crippen molar-refractivity contribution < 1.29 is 0 Å². The summed E-state index contributed by atoms with van der Waals surface area (Å²) in [6, 6.07) is 6.46. The number of aryl methyl sites for hydroxylation is 2. The SMILES string of the molecule is [C]#CC(CCCC)c1ccc(C)c(C)c1. The molecule has 79 valence electrons. The second-order valence-electron chi connectivity index (χ2n) is 4.18. The number of hydrogen-bond acceptors (Lipinski definition) is 0. The fraction of sp³-hybridized carbons (Fsp3) is 0.467. The highest BCUT2D eigenvalue weighted by molar-refractivity contribution is 5.34. The van der Waals surface area contributed by atoms with E-state index in [4.69, 9.17) is 6.42 Å². The van der Waals surface area contributed by atoms with E-state index in [0.717, 1.165) is 6.42 Å². The first-order valence-corrected chi connectivity index (χ1v) is 5.68. The van der Waals surface area contributed by atoms with E-state index in [2.05, 4.69) is 44.9 Å². The molecule has 0 bridgehead atoms. The Morgan fingerprint density at radius 1 is 1.27 bits per heavy atom. The Balaban J connectivity index is 2.84. The lowest BCUT2D eigenvalue weighted by molar-refractivity contribution is 0.675. The van der Waals surface area contributed by atoms with Gasteiger partial charge in [0.25, 0.3) is 0 Å².